The molecule has 0 aliphatic carbocycles. The predicted octanol–water partition coefficient (Wildman–Crippen LogP) is 1.42. The molecule has 0 fully saturated rings. The summed E-state index contributed by atoms with van der Waals surface area (Å²) in [4.78, 5) is 29.1. The quantitative estimate of drug-likeness (QED) is 0.559. The van der Waals surface area contributed by atoms with E-state index in [1.165, 1.54) is 10.8 Å². The number of nitrogens with zero attached hydrogens (tertiary/aromatic N) is 3. The third-order valence-corrected chi connectivity index (χ3v) is 4.22. The van der Waals surface area contributed by atoms with Crippen LogP contribution in [0.15, 0.2) is 52.5 Å². The maximum absolute atomic E-state index is 12.6. The van der Waals surface area contributed by atoms with Crippen molar-refractivity contribution in [3.63, 3.8) is 0 Å². The average molecular weight is 334 g/mol. The number of nitrogens with one attached hydrogen (secondary N) is 1. The summed E-state index contributed by atoms with van der Waals surface area (Å²) in [5, 5.41) is 14.8. The normalized spacial score (nSPS) is 12.8. The minimum absolute atomic E-state index is 0.301. The zero-order chi connectivity index (χ0) is 17.4. The molecule has 7 heteroatoms. The molecule has 25 heavy (non-hydrogen) atoms. The van der Waals surface area contributed by atoms with Crippen LogP contribution < -0.4 is 11.0 Å². The Bertz CT molecular complexity index is 1070. The van der Waals surface area contributed by atoms with E-state index in [9.17, 15) is 14.7 Å². The monoisotopic (exact) mass is 334 g/mol. The second-order valence-corrected chi connectivity index (χ2v) is 5.70. The standard InChI is InChI=1S/C18H14N4O3/c23-16-13-6-3-4-11-7-9-22(15(11)13)18(25)14(16)17(24)21-20-10-12-5-1-2-8-19-12/h1-6,8,10,23H,7,9H2,(H,21,24)/b20-10+. The first kappa shape index (κ1) is 15.1. The van der Waals surface area contributed by atoms with Crippen LogP contribution in [0.2, 0.25) is 0 Å². The number of hydrazone groups is 1. The molecule has 0 atom stereocenters. The summed E-state index contributed by atoms with van der Waals surface area (Å²) < 4.78 is 1.53. The smallest absolute Gasteiger partial charge is 0.280 e. The predicted molar refractivity (Wildman–Crippen MR) is 92.9 cm³/mol. The van der Waals surface area contributed by atoms with Gasteiger partial charge in [0.15, 0.2) is 0 Å². The highest BCUT2D eigenvalue weighted by molar-refractivity contribution is 6.03. The van der Waals surface area contributed by atoms with Gasteiger partial charge in [0.1, 0.15) is 11.3 Å². The van der Waals surface area contributed by atoms with Crippen LogP contribution in [-0.4, -0.2) is 26.8 Å². The fourth-order valence-corrected chi connectivity index (χ4v) is 3.09. The highest BCUT2D eigenvalue weighted by Gasteiger charge is 2.25. The van der Waals surface area contributed by atoms with Crippen molar-refractivity contribution in [1.29, 1.82) is 0 Å². The number of hydrogen-bond donors (Lipinski definition) is 2. The number of aryl methyl sites for hydroxylation is 2. The fraction of sp³-hybridized carbons (Fsp3) is 0.111. The van der Waals surface area contributed by atoms with Gasteiger partial charge in [-0.3, -0.25) is 14.6 Å². The van der Waals surface area contributed by atoms with Gasteiger partial charge in [-0.15, -0.1) is 0 Å². The number of pyridine rings is 2. The molecule has 0 radical (unpaired) electrons. The lowest BCUT2D eigenvalue weighted by Crippen LogP contribution is -2.30. The first-order valence-corrected chi connectivity index (χ1v) is 7.78. The zero-order valence-corrected chi connectivity index (χ0v) is 13.1. The number of carbonyl (C=O) groups excluding carboxylic acids is 1. The molecule has 7 nitrogen and oxygen atoms in total. The Hall–Kier alpha value is -3.48. The van der Waals surface area contributed by atoms with E-state index >= 15 is 0 Å². The Balaban J connectivity index is 1.72. The summed E-state index contributed by atoms with van der Waals surface area (Å²) in [5.41, 5.74) is 3.71. The minimum Gasteiger partial charge on any atom is -0.506 e. The topological polar surface area (TPSA) is 96.6 Å². The summed E-state index contributed by atoms with van der Waals surface area (Å²) in [6.07, 6.45) is 3.67. The van der Waals surface area contributed by atoms with Crippen molar-refractivity contribution >= 4 is 23.0 Å². The highest BCUT2D eigenvalue weighted by atomic mass is 16.3. The summed E-state index contributed by atoms with van der Waals surface area (Å²) >= 11 is 0. The van der Waals surface area contributed by atoms with E-state index < -0.39 is 11.5 Å². The molecule has 0 saturated heterocycles. The van der Waals surface area contributed by atoms with Gasteiger partial charge in [-0.2, -0.15) is 5.10 Å². The van der Waals surface area contributed by atoms with E-state index in [0.29, 0.717) is 29.6 Å². The van der Waals surface area contributed by atoms with E-state index in [-0.39, 0.29) is 11.3 Å². The molecule has 0 saturated carbocycles. The van der Waals surface area contributed by atoms with Crippen LogP contribution in [0.3, 0.4) is 0 Å². The molecule has 1 amide bonds. The van der Waals surface area contributed by atoms with Crippen LogP contribution in [0.4, 0.5) is 0 Å². The van der Waals surface area contributed by atoms with Crippen LogP contribution in [0.25, 0.3) is 10.9 Å². The second kappa shape index (κ2) is 5.86. The molecule has 2 aromatic heterocycles. The first-order chi connectivity index (χ1) is 12.2. The van der Waals surface area contributed by atoms with Gasteiger partial charge in [0.25, 0.3) is 11.5 Å². The van der Waals surface area contributed by atoms with Crippen molar-refractivity contribution in [3.8, 4) is 5.75 Å². The van der Waals surface area contributed by atoms with Crippen molar-refractivity contribution in [2.24, 2.45) is 5.10 Å². The van der Waals surface area contributed by atoms with Gasteiger partial charge in [-0.1, -0.05) is 18.2 Å². The van der Waals surface area contributed by atoms with Crippen LogP contribution in [0.1, 0.15) is 21.6 Å². The number of hydrogen-bond acceptors (Lipinski definition) is 5. The van der Waals surface area contributed by atoms with Crippen LogP contribution in [0, 0.1) is 0 Å². The van der Waals surface area contributed by atoms with Gasteiger partial charge in [-0.05, 0) is 30.2 Å². The molecule has 3 heterocycles. The Labute approximate surface area is 142 Å². The number of carbonyl (C=O) groups is 1. The molecule has 2 N–H and O–H groups in total. The number of amides is 1. The van der Waals surface area contributed by atoms with E-state index in [2.05, 4.69) is 15.5 Å². The molecule has 0 spiro atoms. The van der Waals surface area contributed by atoms with Crippen molar-refractivity contribution in [2.75, 3.05) is 0 Å². The minimum atomic E-state index is -0.752. The summed E-state index contributed by atoms with van der Waals surface area (Å²) in [5.74, 6) is -1.07. The van der Waals surface area contributed by atoms with Gasteiger partial charge >= 0.3 is 0 Å². The van der Waals surface area contributed by atoms with Crippen LogP contribution >= 0.6 is 0 Å². The SMILES string of the molecule is O=C(N/N=C/c1ccccn1)c1c(O)c2cccc3c2n(c1=O)CC3. The largest absolute Gasteiger partial charge is 0.506 e. The maximum atomic E-state index is 12.6. The second-order valence-electron chi connectivity index (χ2n) is 5.70. The third-order valence-electron chi connectivity index (χ3n) is 4.22. The molecule has 1 aliphatic heterocycles. The van der Waals surface area contributed by atoms with Crippen molar-refractivity contribution in [1.82, 2.24) is 15.0 Å². The van der Waals surface area contributed by atoms with E-state index in [4.69, 9.17) is 0 Å². The molecule has 3 aromatic rings. The summed E-state index contributed by atoms with van der Waals surface area (Å²) in [7, 11) is 0. The third kappa shape index (κ3) is 2.46. The van der Waals surface area contributed by atoms with Gasteiger partial charge < -0.3 is 9.67 Å². The van der Waals surface area contributed by atoms with E-state index in [1.807, 2.05) is 6.07 Å². The lowest BCUT2D eigenvalue weighted by molar-refractivity contribution is 0.0950. The molecule has 1 aliphatic rings. The molecule has 0 bridgehead atoms. The van der Waals surface area contributed by atoms with E-state index in [1.54, 1.807) is 36.5 Å². The Morgan fingerprint density at radius 3 is 2.96 bits per heavy atom. The van der Waals surface area contributed by atoms with Crippen LogP contribution in [0.5, 0.6) is 5.75 Å². The molecule has 124 valence electrons. The highest BCUT2D eigenvalue weighted by Crippen LogP contribution is 2.31. The number of aromatic nitrogens is 2. The zero-order valence-electron chi connectivity index (χ0n) is 13.1. The number of benzene rings is 1. The van der Waals surface area contributed by atoms with Crippen molar-refractivity contribution < 1.29 is 9.90 Å². The van der Waals surface area contributed by atoms with E-state index in [0.717, 1.165) is 5.56 Å². The van der Waals surface area contributed by atoms with Crippen molar-refractivity contribution in [3.05, 3.63) is 69.8 Å². The lowest BCUT2D eigenvalue weighted by atomic mass is 10.1. The van der Waals surface area contributed by atoms with Gasteiger partial charge in [0.2, 0.25) is 0 Å². The number of para-hydroxylation sites is 1. The van der Waals surface area contributed by atoms with Crippen LogP contribution in [-0.2, 0) is 13.0 Å². The maximum Gasteiger partial charge on any atom is 0.280 e. The summed E-state index contributed by atoms with van der Waals surface area (Å²) in [6.45, 7) is 0.493. The number of rotatable bonds is 3. The summed E-state index contributed by atoms with van der Waals surface area (Å²) in [6, 6.07) is 10.7. The molecular weight excluding hydrogens is 320 g/mol. The Kier molecular flexibility index (Phi) is 3.53. The molecular formula is C18H14N4O3. The molecule has 1 aromatic carbocycles. The lowest BCUT2D eigenvalue weighted by Gasteiger charge is -2.10. The van der Waals surface area contributed by atoms with Gasteiger partial charge in [-0.25, -0.2) is 5.43 Å². The number of aromatic hydroxyl groups is 1. The van der Waals surface area contributed by atoms with Gasteiger partial charge in [0, 0.05) is 18.1 Å². The Morgan fingerprint density at radius 1 is 1.28 bits per heavy atom. The first-order valence-electron chi connectivity index (χ1n) is 7.78. The molecule has 4 rings (SSSR count). The molecule has 0 unspecified atom stereocenters. The van der Waals surface area contributed by atoms with Crippen molar-refractivity contribution in [2.45, 2.75) is 13.0 Å². The van der Waals surface area contributed by atoms with Gasteiger partial charge in [0.05, 0.1) is 17.4 Å². The fourth-order valence-electron chi connectivity index (χ4n) is 3.09. The Morgan fingerprint density at radius 2 is 2.16 bits per heavy atom. The average Bonchev–Trinajstić information content (AvgIpc) is 3.06.